The van der Waals surface area contributed by atoms with E-state index in [2.05, 4.69) is 11.0 Å². The molecule has 156 valence electrons. The minimum Gasteiger partial charge on any atom is -0.493 e. The van der Waals surface area contributed by atoms with Crippen molar-refractivity contribution in [2.24, 2.45) is 17.8 Å². The third-order valence-corrected chi connectivity index (χ3v) is 6.54. The first kappa shape index (κ1) is 20.0. The molecular weight excluding hydrogens is 364 g/mol. The van der Waals surface area contributed by atoms with Gasteiger partial charge in [-0.1, -0.05) is 18.2 Å². The number of amides is 1. The number of carbonyl (C=O) groups is 1. The van der Waals surface area contributed by atoms with E-state index < -0.39 is 0 Å². The van der Waals surface area contributed by atoms with E-state index in [1.54, 1.807) is 6.92 Å². The van der Waals surface area contributed by atoms with Gasteiger partial charge in [0.25, 0.3) is 0 Å². The van der Waals surface area contributed by atoms with Crippen molar-refractivity contribution in [3.63, 3.8) is 0 Å². The third kappa shape index (κ3) is 5.02. The van der Waals surface area contributed by atoms with Gasteiger partial charge in [0.15, 0.2) is 0 Å². The number of likely N-dealkylation sites (tertiary alicyclic amines) is 2. The highest BCUT2D eigenvalue weighted by Crippen LogP contribution is 2.37. The van der Waals surface area contributed by atoms with Crippen molar-refractivity contribution in [2.45, 2.75) is 33.2 Å². The van der Waals surface area contributed by atoms with Crippen LogP contribution in [0, 0.1) is 24.7 Å². The van der Waals surface area contributed by atoms with E-state index in [1.165, 1.54) is 0 Å². The molecule has 2 aliphatic rings. The quantitative estimate of drug-likeness (QED) is 0.741. The molecule has 0 saturated carbocycles. The Kier molecular flexibility index (Phi) is 6.24. The number of hydrogen-bond donors (Lipinski definition) is 0. The Labute approximate surface area is 173 Å². The molecule has 0 aliphatic carbocycles. The van der Waals surface area contributed by atoms with Gasteiger partial charge >= 0.3 is 0 Å². The molecule has 1 aromatic heterocycles. The van der Waals surface area contributed by atoms with Crippen molar-refractivity contribution >= 4 is 5.91 Å². The predicted octanol–water partition coefficient (Wildman–Crippen LogP) is 3.97. The van der Waals surface area contributed by atoms with E-state index in [0.29, 0.717) is 17.8 Å². The Morgan fingerprint density at radius 3 is 2.52 bits per heavy atom. The number of benzene rings is 1. The van der Waals surface area contributed by atoms with Crippen molar-refractivity contribution in [2.75, 3.05) is 32.8 Å². The highest BCUT2D eigenvalue weighted by Gasteiger charge is 2.39. The first-order valence-corrected chi connectivity index (χ1v) is 10.8. The minimum atomic E-state index is 0.202. The standard InChI is InChI=1S/C24H32N2O3/c1-18-8-9-23(29-18)15-25-14-21(17-28-22-6-4-3-5-7-22)24(16-25)20-10-12-26(13-11-20)19(2)27/h3-9,20-21,24H,10-17H2,1-2H3/t21-,24-/m0/s1. The number of para-hydroxylation sites is 1. The van der Waals surface area contributed by atoms with Gasteiger partial charge in [-0.15, -0.1) is 0 Å². The summed E-state index contributed by atoms with van der Waals surface area (Å²) in [7, 11) is 0. The average Bonchev–Trinajstić information content (AvgIpc) is 3.33. The van der Waals surface area contributed by atoms with Crippen LogP contribution >= 0.6 is 0 Å². The molecule has 29 heavy (non-hydrogen) atoms. The summed E-state index contributed by atoms with van der Waals surface area (Å²) in [5, 5.41) is 0. The van der Waals surface area contributed by atoms with Crippen LogP contribution in [0.2, 0.25) is 0 Å². The maximum Gasteiger partial charge on any atom is 0.219 e. The topological polar surface area (TPSA) is 45.9 Å². The highest BCUT2D eigenvalue weighted by molar-refractivity contribution is 5.73. The third-order valence-electron chi connectivity index (χ3n) is 6.54. The lowest BCUT2D eigenvalue weighted by atomic mass is 9.78. The molecule has 0 N–H and O–H groups in total. The normalized spacial score (nSPS) is 23.4. The van der Waals surface area contributed by atoms with Gasteiger partial charge in [-0.2, -0.15) is 0 Å². The molecule has 4 rings (SSSR count). The number of carbonyl (C=O) groups excluding carboxylic acids is 1. The fourth-order valence-electron chi connectivity index (χ4n) is 4.98. The van der Waals surface area contributed by atoms with Crippen LogP contribution in [-0.4, -0.2) is 48.5 Å². The SMILES string of the molecule is CC(=O)N1CCC([C@@H]2CN(Cc3ccc(C)o3)C[C@H]2COc2ccccc2)CC1. The fraction of sp³-hybridized carbons (Fsp3) is 0.542. The predicted molar refractivity (Wildman–Crippen MR) is 113 cm³/mol. The van der Waals surface area contributed by atoms with Crippen LogP contribution in [0.1, 0.15) is 31.3 Å². The fourth-order valence-corrected chi connectivity index (χ4v) is 4.98. The maximum atomic E-state index is 11.7. The number of hydrogen-bond acceptors (Lipinski definition) is 4. The van der Waals surface area contributed by atoms with Gasteiger partial charge < -0.3 is 14.1 Å². The molecule has 5 heteroatoms. The van der Waals surface area contributed by atoms with Crippen molar-refractivity contribution in [3.8, 4) is 5.75 Å². The lowest BCUT2D eigenvalue weighted by molar-refractivity contribution is -0.130. The number of nitrogens with zero attached hydrogens (tertiary/aromatic N) is 2. The minimum absolute atomic E-state index is 0.202. The zero-order valence-electron chi connectivity index (χ0n) is 17.5. The molecule has 0 spiro atoms. The zero-order valence-corrected chi connectivity index (χ0v) is 17.5. The summed E-state index contributed by atoms with van der Waals surface area (Å²) in [5.74, 6) is 4.90. The maximum absolute atomic E-state index is 11.7. The molecular formula is C24H32N2O3. The van der Waals surface area contributed by atoms with E-state index >= 15 is 0 Å². The van der Waals surface area contributed by atoms with Crippen molar-refractivity contribution < 1.29 is 13.9 Å². The molecule has 2 saturated heterocycles. The highest BCUT2D eigenvalue weighted by atomic mass is 16.5. The second-order valence-electron chi connectivity index (χ2n) is 8.60. The molecule has 5 nitrogen and oxygen atoms in total. The molecule has 2 aliphatic heterocycles. The molecule has 0 bridgehead atoms. The summed E-state index contributed by atoms with van der Waals surface area (Å²) in [5.41, 5.74) is 0. The van der Waals surface area contributed by atoms with Gasteiger partial charge in [0, 0.05) is 39.0 Å². The van der Waals surface area contributed by atoms with Gasteiger partial charge in [0.05, 0.1) is 13.2 Å². The summed E-state index contributed by atoms with van der Waals surface area (Å²) in [6.45, 7) is 9.17. The van der Waals surface area contributed by atoms with Crippen LogP contribution in [0.15, 0.2) is 46.9 Å². The summed E-state index contributed by atoms with van der Waals surface area (Å²) in [6.07, 6.45) is 2.19. The number of rotatable bonds is 6. The second kappa shape index (κ2) is 9.04. The first-order valence-electron chi connectivity index (χ1n) is 10.8. The largest absolute Gasteiger partial charge is 0.493 e. The van der Waals surface area contributed by atoms with Crippen molar-refractivity contribution in [3.05, 3.63) is 54.0 Å². The monoisotopic (exact) mass is 396 g/mol. The van der Waals surface area contributed by atoms with E-state index in [1.807, 2.05) is 48.2 Å². The van der Waals surface area contributed by atoms with E-state index in [0.717, 1.165) is 69.4 Å². The molecule has 3 heterocycles. The van der Waals surface area contributed by atoms with Gasteiger partial charge in [-0.25, -0.2) is 0 Å². The van der Waals surface area contributed by atoms with Crippen LogP contribution in [-0.2, 0) is 11.3 Å². The number of ether oxygens (including phenoxy) is 1. The summed E-state index contributed by atoms with van der Waals surface area (Å²) < 4.78 is 12.0. The van der Waals surface area contributed by atoms with Gasteiger partial charge in [0.2, 0.25) is 5.91 Å². The Bertz CT molecular complexity index is 795. The van der Waals surface area contributed by atoms with E-state index in [4.69, 9.17) is 9.15 Å². The molecule has 1 amide bonds. The van der Waals surface area contributed by atoms with Crippen LogP contribution in [0.25, 0.3) is 0 Å². The lowest BCUT2D eigenvalue weighted by Crippen LogP contribution is -2.40. The Morgan fingerprint density at radius 2 is 1.86 bits per heavy atom. The van der Waals surface area contributed by atoms with Crippen LogP contribution in [0.3, 0.4) is 0 Å². The van der Waals surface area contributed by atoms with E-state index in [-0.39, 0.29) is 5.91 Å². The Morgan fingerprint density at radius 1 is 1.10 bits per heavy atom. The van der Waals surface area contributed by atoms with Gasteiger partial charge in [-0.3, -0.25) is 9.69 Å². The summed E-state index contributed by atoms with van der Waals surface area (Å²) >= 11 is 0. The number of piperidine rings is 1. The smallest absolute Gasteiger partial charge is 0.219 e. The van der Waals surface area contributed by atoms with Crippen LogP contribution < -0.4 is 4.74 Å². The number of aryl methyl sites for hydroxylation is 1. The summed E-state index contributed by atoms with van der Waals surface area (Å²) in [6, 6.07) is 14.2. The van der Waals surface area contributed by atoms with Crippen LogP contribution in [0.5, 0.6) is 5.75 Å². The zero-order chi connectivity index (χ0) is 20.2. The summed E-state index contributed by atoms with van der Waals surface area (Å²) in [4.78, 5) is 16.2. The van der Waals surface area contributed by atoms with E-state index in [9.17, 15) is 4.79 Å². The van der Waals surface area contributed by atoms with Gasteiger partial charge in [-0.05, 0) is 55.9 Å². The van der Waals surface area contributed by atoms with Crippen molar-refractivity contribution in [1.82, 2.24) is 9.80 Å². The first-order chi connectivity index (χ1) is 14.1. The lowest BCUT2D eigenvalue weighted by Gasteiger charge is -2.36. The Hall–Kier alpha value is -2.27. The molecule has 0 unspecified atom stereocenters. The Balaban J connectivity index is 1.41. The molecule has 2 fully saturated rings. The van der Waals surface area contributed by atoms with Crippen LogP contribution in [0.4, 0.5) is 0 Å². The molecule has 2 aromatic rings. The molecule has 0 radical (unpaired) electrons. The average molecular weight is 397 g/mol. The second-order valence-corrected chi connectivity index (χ2v) is 8.60. The van der Waals surface area contributed by atoms with Crippen molar-refractivity contribution in [1.29, 1.82) is 0 Å². The number of furan rings is 1. The molecule has 1 aromatic carbocycles. The molecule has 2 atom stereocenters. The van der Waals surface area contributed by atoms with Gasteiger partial charge in [0.1, 0.15) is 17.3 Å².